The van der Waals surface area contributed by atoms with Crippen molar-refractivity contribution in [1.82, 2.24) is 10.2 Å². The van der Waals surface area contributed by atoms with E-state index in [0.29, 0.717) is 19.4 Å². The molecule has 1 aliphatic rings. The standard InChI is InChI=1S/C14H28N4O2/c1-11(18(2)3)10-16-13(19)14(12(15)17-20)8-6-4-5-7-9-14/h11,20H,4-10H2,1-3H3,(H2,15,17)(H,16,19). The average Bonchev–Trinajstić information content (AvgIpc) is 2.69. The third-order valence-electron chi connectivity index (χ3n) is 4.43. The summed E-state index contributed by atoms with van der Waals surface area (Å²) in [6.45, 7) is 2.61. The fourth-order valence-corrected chi connectivity index (χ4v) is 2.62. The molecular formula is C14H28N4O2. The maximum absolute atomic E-state index is 12.6. The number of rotatable bonds is 5. The molecule has 0 bridgehead atoms. The van der Waals surface area contributed by atoms with E-state index >= 15 is 0 Å². The Kier molecular flexibility index (Phi) is 6.26. The predicted molar refractivity (Wildman–Crippen MR) is 79.7 cm³/mol. The Bertz CT molecular complexity index is 347. The van der Waals surface area contributed by atoms with Gasteiger partial charge in [-0.05, 0) is 33.9 Å². The van der Waals surface area contributed by atoms with Crippen LogP contribution in [0.5, 0.6) is 0 Å². The molecule has 0 spiro atoms. The number of carbonyl (C=O) groups is 1. The minimum absolute atomic E-state index is 0.0504. The van der Waals surface area contributed by atoms with Gasteiger partial charge in [0, 0.05) is 12.6 Å². The summed E-state index contributed by atoms with van der Waals surface area (Å²) in [7, 11) is 3.95. The van der Waals surface area contributed by atoms with Crippen LogP contribution < -0.4 is 11.1 Å². The monoisotopic (exact) mass is 284 g/mol. The number of hydrogen-bond donors (Lipinski definition) is 3. The molecule has 6 nitrogen and oxygen atoms in total. The quantitative estimate of drug-likeness (QED) is 0.232. The molecule has 1 atom stereocenters. The maximum Gasteiger partial charge on any atom is 0.234 e. The van der Waals surface area contributed by atoms with Crippen molar-refractivity contribution in [3.05, 3.63) is 0 Å². The third kappa shape index (κ3) is 3.85. The van der Waals surface area contributed by atoms with Crippen molar-refractivity contribution in [2.75, 3.05) is 20.6 Å². The van der Waals surface area contributed by atoms with E-state index in [1.165, 1.54) is 0 Å². The van der Waals surface area contributed by atoms with E-state index in [-0.39, 0.29) is 17.8 Å². The average molecular weight is 284 g/mol. The zero-order valence-electron chi connectivity index (χ0n) is 12.9. The SMILES string of the molecule is CC(CNC(=O)C1(C(N)=NO)CCCCCC1)N(C)C. The lowest BCUT2D eigenvalue weighted by Crippen LogP contribution is -2.51. The van der Waals surface area contributed by atoms with Crippen LogP contribution in [0.15, 0.2) is 5.16 Å². The molecule has 0 saturated heterocycles. The van der Waals surface area contributed by atoms with Gasteiger partial charge in [0.2, 0.25) is 5.91 Å². The van der Waals surface area contributed by atoms with Crippen LogP contribution in [0.1, 0.15) is 45.4 Å². The molecule has 116 valence electrons. The van der Waals surface area contributed by atoms with E-state index in [1.807, 2.05) is 25.9 Å². The highest BCUT2D eigenvalue weighted by Crippen LogP contribution is 2.35. The molecule has 20 heavy (non-hydrogen) atoms. The molecule has 0 heterocycles. The van der Waals surface area contributed by atoms with Crippen LogP contribution >= 0.6 is 0 Å². The van der Waals surface area contributed by atoms with Crippen LogP contribution in [-0.2, 0) is 4.79 Å². The van der Waals surface area contributed by atoms with E-state index < -0.39 is 5.41 Å². The minimum Gasteiger partial charge on any atom is -0.409 e. The highest BCUT2D eigenvalue weighted by Gasteiger charge is 2.42. The zero-order valence-corrected chi connectivity index (χ0v) is 12.9. The van der Waals surface area contributed by atoms with Gasteiger partial charge in [-0.15, -0.1) is 0 Å². The number of oxime groups is 1. The van der Waals surface area contributed by atoms with Crippen molar-refractivity contribution in [3.8, 4) is 0 Å². The first kappa shape index (κ1) is 16.8. The summed E-state index contributed by atoms with van der Waals surface area (Å²) < 4.78 is 0. The highest BCUT2D eigenvalue weighted by molar-refractivity contribution is 6.06. The normalized spacial score (nSPS) is 21.3. The molecule has 0 aromatic rings. The summed E-state index contributed by atoms with van der Waals surface area (Å²) in [4.78, 5) is 14.6. The Hall–Kier alpha value is -1.30. The highest BCUT2D eigenvalue weighted by atomic mass is 16.4. The van der Waals surface area contributed by atoms with Crippen LogP contribution in [0.2, 0.25) is 0 Å². The molecule has 0 aliphatic heterocycles. The van der Waals surface area contributed by atoms with Gasteiger partial charge in [0.1, 0.15) is 5.41 Å². The molecule has 1 unspecified atom stereocenters. The van der Waals surface area contributed by atoms with Crippen molar-refractivity contribution in [1.29, 1.82) is 0 Å². The molecule has 0 aromatic heterocycles. The number of amidine groups is 1. The molecule has 1 rings (SSSR count). The summed E-state index contributed by atoms with van der Waals surface area (Å²) >= 11 is 0. The minimum atomic E-state index is -0.836. The Balaban J connectivity index is 2.80. The van der Waals surface area contributed by atoms with Crippen LogP contribution in [0.25, 0.3) is 0 Å². The summed E-state index contributed by atoms with van der Waals surface area (Å²) in [6, 6.07) is 0.245. The van der Waals surface area contributed by atoms with Gasteiger partial charge in [0.05, 0.1) is 0 Å². The fourth-order valence-electron chi connectivity index (χ4n) is 2.62. The fraction of sp³-hybridized carbons (Fsp3) is 0.857. The first-order valence-corrected chi connectivity index (χ1v) is 7.37. The molecule has 0 aromatic carbocycles. The number of carbonyl (C=O) groups excluding carboxylic acids is 1. The van der Waals surface area contributed by atoms with Crippen molar-refractivity contribution < 1.29 is 10.0 Å². The molecule has 1 fully saturated rings. The first-order chi connectivity index (χ1) is 9.44. The predicted octanol–water partition coefficient (Wildman–Crippen LogP) is 1.14. The molecule has 1 amide bonds. The summed E-state index contributed by atoms with van der Waals surface area (Å²) in [5.74, 6) is -0.0576. The Morgan fingerprint density at radius 3 is 2.35 bits per heavy atom. The second kappa shape index (κ2) is 7.47. The maximum atomic E-state index is 12.6. The van der Waals surface area contributed by atoms with Gasteiger partial charge >= 0.3 is 0 Å². The Morgan fingerprint density at radius 2 is 1.90 bits per heavy atom. The van der Waals surface area contributed by atoms with Gasteiger partial charge in [-0.3, -0.25) is 4.79 Å². The summed E-state index contributed by atoms with van der Waals surface area (Å²) in [5, 5.41) is 15.1. The lowest BCUT2D eigenvalue weighted by molar-refractivity contribution is -0.128. The van der Waals surface area contributed by atoms with Crippen molar-refractivity contribution in [2.45, 2.75) is 51.5 Å². The lowest BCUT2D eigenvalue weighted by atomic mass is 9.78. The molecule has 1 saturated carbocycles. The van der Waals surface area contributed by atoms with E-state index in [4.69, 9.17) is 10.9 Å². The zero-order chi connectivity index (χ0) is 15.2. The van der Waals surface area contributed by atoms with Crippen LogP contribution in [0.3, 0.4) is 0 Å². The number of likely N-dealkylation sites (N-methyl/N-ethyl adjacent to an activating group) is 1. The number of nitrogens with zero attached hydrogens (tertiary/aromatic N) is 2. The first-order valence-electron chi connectivity index (χ1n) is 7.37. The number of nitrogens with two attached hydrogens (primary N) is 1. The van der Waals surface area contributed by atoms with E-state index in [0.717, 1.165) is 25.7 Å². The van der Waals surface area contributed by atoms with Crippen molar-refractivity contribution in [2.24, 2.45) is 16.3 Å². The molecule has 1 aliphatic carbocycles. The molecule has 0 radical (unpaired) electrons. The number of hydrogen-bond acceptors (Lipinski definition) is 4. The number of nitrogens with one attached hydrogen (secondary N) is 1. The molecule has 6 heteroatoms. The second-order valence-corrected chi connectivity index (χ2v) is 6.00. The number of amides is 1. The van der Waals surface area contributed by atoms with Gasteiger partial charge in [-0.2, -0.15) is 0 Å². The lowest BCUT2D eigenvalue weighted by Gasteiger charge is -2.31. The van der Waals surface area contributed by atoms with Gasteiger partial charge in [0.15, 0.2) is 5.84 Å². The Labute approximate surface area is 121 Å². The second-order valence-electron chi connectivity index (χ2n) is 6.00. The largest absolute Gasteiger partial charge is 0.409 e. The van der Waals surface area contributed by atoms with E-state index in [9.17, 15) is 4.79 Å². The summed E-state index contributed by atoms with van der Waals surface area (Å²) in [5.41, 5.74) is 5.01. The van der Waals surface area contributed by atoms with Gasteiger partial charge in [-0.25, -0.2) is 0 Å². The molecular weight excluding hydrogens is 256 g/mol. The van der Waals surface area contributed by atoms with E-state index in [2.05, 4.69) is 10.5 Å². The van der Waals surface area contributed by atoms with Crippen LogP contribution in [0.4, 0.5) is 0 Å². The van der Waals surface area contributed by atoms with Gasteiger partial charge < -0.3 is 21.2 Å². The van der Waals surface area contributed by atoms with Gasteiger partial charge in [0.25, 0.3) is 0 Å². The third-order valence-corrected chi connectivity index (χ3v) is 4.43. The smallest absolute Gasteiger partial charge is 0.234 e. The van der Waals surface area contributed by atoms with Crippen molar-refractivity contribution in [3.63, 3.8) is 0 Å². The van der Waals surface area contributed by atoms with Crippen molar-refractivity contribution >= 4 is 11.7 Å². The van der Waals surface area contributed by atoms with Crippen LogP contribution in [0, 0.1) is 5.41 Å². The van der Waals surface area contributed by atoms with Crippen LogP contribution in [-0.4, -0.2) is 48.5 Å². The van der Waals surface area contributed by atoms with E-state index in [1.54, 1.807) is 0 Å². The molecule has 4 N–H and O–H groups in total. The summed E-state index contributed by atoms with van der Waals surface area (Å²) in [6.07, 6.45) is 5.39. The Morgan fingerprint density at radius 1 is 1.35 bits per heavy atom. The topological polar surface area (TPSA) is 91.0 Å². The van der Waals surface area contributed by atoms with Gasteiger partial charge in [-0.1, -0.05) is 30.8 Å².